The van der Waals surface area contributed by atoms with Crippen molar-refractivity contribution in [2.75, 3.05) is 92.8 Å². The number of hydrogen-bond donors (Lipinski definition) is 2. The van der Waals surface area contributed by atoms with E-state index in [0.717, 1.165) is 134 Å². The van der Waals surface area contributed by atoms with E-state index in [1.54, 1.807) is 18.5 Å². The average molecular weight is 926 g/mol. The van der Waals surface area contributed by atoms with Crippen molar-refractivity contribution in [3.63, 3.8) is 0 Å². The monoisotopic (exact) mass is 924 g/mol. The highest BCUT2D eigenvalue weighted by Crippen LogP contribution is 2.33. The Balaban J connectivity index is 0.000000236. The van der Waals surface area contributed by atoms with Gasteiger partial charge in [0.1, 0.15) is 35.1 Å². The van der Waals surface area contributed by atoms with Crippen molar-refractivity contribution in [1.82, 2.24) is 29.6 Å². The highest BCUT2D eigenvalue weighted by atomic mass is 35.5. The number of rotatable bonds is 10. The first-order valence-corrected chi connectivity index (χ1v) is 23.5. The number of carbonyl (C=O) groups is 2. The number of piperazine rings is 2. The van der Waals surface area contributed by atoms with Crippen molar-refractivity contribution in [2.24, 2.45) is 0 Å². The number of nitrogens with two attached hydrogens (primary N) is 1. The van der Waals surface area contributed by atoms with Gasteiger partial charge >= 0.3 is 12.2 Å². The molecule has 16 nitrogen and oxygen atoms in total. The molecular weight excluding hydrogens is 856 g/mol. The van der Waals surface area contributed by atoms with E-state index in [2.05, 4.69) is 53.0 Å². The number of nitrogens with zero attached hydrogens (tertiary/aromatic N) is 8. The quantitative estimate of drug-likeness (QED) is 0.0773. The van der Waals surface area contributed by atoms with E-state index in [-0.39, 0.29) is 12.2 Å². The van der Waals surface area contributed by atoms with Crippen LogP contribution in [-0.2, 0) is 18.7 Å². The van der Waals surface area contributed by atoms with Crippen molar-refractivity contribution in [2.45, 2.75) is 129 Å². The fourth-order valence-electron chi connectivity index (χ4n) is 8.72. The first-order chi connectivity index (χ1) is 29.4. The van der Waals surface area contributed by atoms with Crippen molar-refractivity contribution in [1.29, 1.82) is 0 Å². The molecule has 0 spiro atoms. The van der Waals surface area contributed by atoms with Crippen LogP contribution in [0, 0.1) is 0 Å². The number of aromatic nitrogens is 2. The van der Waals surface area contributed by atoms with Gasteiger partial charge in [-0.25, -0.2) is 24.4 Å². The summed E-state index contributed by atoms with van der Waals surface area (Å²) in [7, 11) is 1.44. The van der Waals surface area contributed by atoms with E-state index in [1.165, 1.54) is 7.11 Å². The number of hydrogen-bond acceptors (Lipinski definition) is 15. The summed E-state index contributed by atoms with van der Waals surface area (Å²) in [5.41, 5.74) is 6.20. The Hall–Kier alpha value is -3.19. The fraction of sp³-hybridized carbons (Fsp3) is 0.721. The molecule has 0 bridgehead atoms. The third kappa shape index (κ3) is 14.2. The van der Waals surface area contributed by atoms with Gasteiger partial charge in [0.05, 0.1) is 40.9 Å². The van der Waals surface area contributed by atoms with Gasteiger partial charge in [-0.15, -0.1) is 4.33 Å². The molecule has 4 aliphatic rings. The van der Waals surface area contributed by atoms with Gasteiger partial charge in [-0.3, -0.25) is 9.80 Å². The zero-order valence-corrected chi connectivity index (χ0v) is 40.5. The van der Waals surface area contributed by atoms with E-state index in [9.17, 15) is 9.59 Å². The van der Waals surface area contributed by atoms with E-state index in [4.69, 9.17) is 42.7 Å². The highest BCUT2D eigenvalue weighted by molar-refractivity contribution is 7.95. The van der Waals surface area contributed by atoms with Gasteiger partial charge in [-0.2, -0.15) is 0 Å². The summed E-state index contributed by atoms with van der Waals surface area (Å²) < 4.78 is 18.8. The molecule has 2 aromatic heterocycles. The first-order valence-electron chi connectivity index (χ1n) is 22.1. The van der Waals surface area contributed by atoms with Gasteiger partial charge in [0.15, 0.2) is 0 Å². The second-order valence-corrected chi connectivity index (χ2v) is 19.7. The molecule has 62 heavy (non-hydrogen) atoms. The molecule has 2 amide bonds. The van der Waals surface area contributed by atoms with Crippen LogP contribution in [0.25, 0.3) is 0 Å². The lowest BCUT2D eigenvalue weighted by atomic mass is 9.98. The zero-order valence-electron chi connectivity index (χ0n) is 38.2. The van der Waals surface area contributed by atoms with Crippen LogP contribution in [-0.4, -0.2) is 150 Å². The predicted octanol–water partition coefficient (Wildman–Crippen LogP) is 8.21. The number of anilines is 4. The van der Waals surface area contributed by atoms with Crippen LogP contribution in [0.4, 0.5) is 32.6 Å². The second kappa shape index (κ2) is 22.6. The highest BCUT2D eigenvalue weighted by Gasteiger charge is 2.37. The maximum absolute atomic E-state index is 12.4. The van der Waals surface area contributed by atoms with Gasteiger partial charge in [0.2, 0.25) is 0 Å². The Bertz CT molecular complexity index is 1760. The van der Waals surface area contributed by atoms with Gasteiger partial charge < -0.3 is 39.5 Å². The lowest BCUT2D eigenvalue weighted by Crippen LogP contribution is -2.59. The number of nitrogens with one attached hydrogen (secondary N) is 1. The number of piperidine rings is 2. The summed E-state index contributed by atoms with van der Waals surface area (Å²) in [6, 6.07) is 5.44. The maximum atomic E-state index is 12.4. The molecule has 2 atom stereocenters. The Kier molecular flexibility index (Phi) is 18.2. The molecule has 0 aliphatic carbocycles. The minimum absolute atomic E-state index is 0.197. The number of nitrogen functional groups attached to an aromatic ring is 1. The molecule has 0 aromatic carbocycles. The van der Waals surface area contributed by atoms with Crippen LogP contribution < -0.4 is 20.3 Å². The summed E-state index contributed by atoms with van der Waals surface area (Å²) in [6.45, 7) is 24.3. The number of ether oxygens (including phenoxy) is 2. The normalized spacial score (nSPS) is 21.3. The fourth-order valence-corrected chi connectivity index (χ4v) is 9.61. The molecule has 0 radical (unpaired) electrons. The van der Waals surface area contributed by atoms with Crippen molar-refractivity contribution in [3.8, 4) is 0 Å². The number of pyridine rings is 2. The van der Waals surface area contributed by atoms with Gasteiger partial charge in [0, 0.05) is 89.6 Å². The van der Waals surface area contributed by atoms with Crippen molar-refractivity contribution >= 4 is 70.6 Å². The smallest absolute Gasteiger partial charge is 0.410 e. The molecule has 6 rings (SSSR count). The van der Waals surface area contributed by atoms with E-state index < -0.39 is 11.2 Å². The molecule has 0 saturated carbocycles. The van der Waals surface area contributed by atoms with E-state index in [0.29, 0.717) is 39.9 Å². The zero-order chi connectivity index (χ0) is 45.2. The van der Waals surface area contributed by atoms with Crippen molar-refractivity contribution in [3.05, 3.63) is 34.6 Å². The molecule has 4 aliphatic heterocycles. The third-order valence-electron chi connectivity index (χ3n) is 11.7. The SMILES string of the molecule is CC[C@H]1CN(c2ncc(N)cc2Cl)CCN1C1CCN(C(=O)OC(C)(C)C)CC1.CC[C@H]1CN(c2ncc(NSOOC)cc2Cl)CCN1C1CCN(C(=O)OC(C)(C)C)CC1. The summed E-state index contributed by atoms with van der Waals surface area (Å²) in [5, 5.41) is 1.21. The lowest BCUT2D eigenvalue weighted by Gasteiger charge is -2.47. The number of likely N-dealkylation sites (tertiary alicyclic amines) is 2. The van der Waals surface area contributed by atoms with Crippen LogP contribution in [0.15, 0.2) is 24.5 Å². The summed E-state index contributed by atoms with van der Waals surface area (Å²) in [4.78, 5) is 51.8. The Morgan fingerprint density at radius 3 is 1.55 bits per heavy atom. The van der Waals surface area contributed by atoms with E-state index >= 15 is 0 Å². The molecule has 19 heteroatoms. The number of carbonyl (C=O) groups excluding carboxylic acids is 2. The number of halogens is 2. The van der Waals surface area contributed by atoms with Crippen LogP contribution in [0.2, 0.25) is 10.0 Å². The maximum Gasteiger partial charge on any atom is 0.410 e. The molecule has 3 N–H and O–H groups in total. The molecule has 4 fully saturated rings. The van der Waals surface area contributed by atoms with Crippen LogP contribution in [0.1, 0.15) is 93.9 Å². The lowest BCUT2D eigenvalue weighted by molar-refractivity contribution is -0.159. The second-order valence-electron chi connectivity index (χ2n) is 18.4. The Morgan fingerprint density at radius 1 is 0.726 bits per heavy atom. The molecule has 0 unspecified atom stereocenters. The minimum atomic E-state index is -0.461. The molecule has 2 aromatic rings. The standard InChI is InChI=1S/C22H36ClN5O4S.C21H34ClN5O2/c1-6-17-15-27(20-19(23)13-16(14-24-20)25-33-32-30-5)11-12-28(17)18-7-9-26(10-8-18)21(29)31-22(2,3)4;1-5-16-14-26(19-18(22)12-15(23)13-24-19)10-11-27(16)17-6-8-25(9-7-17)20(28)29-21(2,3)4/h13-14,17-18,25H,6-12,15H2,1-5H3;12-13,16-17H,5-11,14,23H2,1-4H3/t17-;16-/m00/s1. The summed E-state index contributed by atoms with van der Waals surface area (Å²) in [5.74, 6) is 1.62. The van der Waals surface area contributed by atoms with Crippen molar-refractivity contribution < 1.29 is 28.3 Å². The Morgan fingerprint density at radius 2 is 1.16 bits per heavy atom. The molecule has 6 heterocycles. The number of amides is 2. The van der Waals surface area contributed by atoms with Crippen LogP contribution in [0.3, 0.4) is 0 Å². The first kappa shape index (κ1) is 49.8. The van der Waals surface area contributed by atoms with Crippen LogP contribution in [0.5, 0.6) is 0 Å². The van der Waals surface area contributed by atoms with Gasteiger partial charge in [0.25, 0.3) is 0 Å². The summed E-state index contributed by atoms with van der Waals surface area (Å²) >= 11 is 13.9. The molecule has 348 valence electrons. The topological polar surface area (TPSA) is 154 Å². The average Bonchev–Trinajstić information content (AvgIpc) is 3.22. The largest absolute Gasteiger partial charge is 0.444 e. The van der Waals surface area contributed by atoms with Gasteiger partial charge in [-0.1, -0.05) is 37.0 Å². The third-order valence-corrected chi connectivity index (χ3v) is 12.8. The molecular formula is C43H70Cl2N10O6S. The predicted molar refractivity (Wildman–Crippen MR) is 250 cm³/mol. The van der Waals surface area contributed by atoms with Crippen LogP contribution >= 0.6 is 35.4 Å². The summed E-state index contributed by atoms with van der Waals surface area (Å²) in [6.07, 6.45) is 9.02. The molecule has 4 saturated heterocycles. The Labute approximate surface area is 383 Å². The van der Waals surface area contributed by atoms with Gasteiger partial charge in [-0.05, 0) is 92.2 Å². The van der Waals surface area contributed by atoms with E-state index in [1.807, 2.05) is 57.4 Å². The minimum Gasteiger partial charge on any atom is -0.444 e.